The van der Waals surface area contributed by atoms with Crippen LogP contribution in [-0.4, -0.2) is 33.3 Å². The van der Waals surface area contributed by atoms with E-state index in [2.05, 4.69) is 30.8 Å². The summed E-state index contributed by atoms with van der Waals surface area (Å²) in [6.07, 6.45) is 7.15. The molecular formula is C13H20N6. The molecule has 2 aromatic heterocycles. The van der Waals surface area contributed by atoms with Crippen molar-refractivity contribution in [1.82, 2.24) is 20.2 Å². The van der Waals surface area contributed by atoms with Crippen molar-refractivity contribution in [3.05, 3.63) is 6.20 Å². The van der Waals surface area contributed by atoms with Gasteiger partial charge in [-0.25, -0.2) is 0 Å². The number of aromatic nitrogens is 4. The first kappa shape index (κ1) is 12.2. The Morgan fingerprint density at radius 2 is 2.11 bits per heavy atom. The molecule has 6 heteroatoms. The maximum Gasteiger partial charge on any atom is 0.226 e. The summed E-state index contributed by atoms with van der Waals surface area (Å²) in [4.78, 5) is 8.92. The number of aromatic amines is 1. The van der Waals surface area contributed by atoms with Crippen LogP contribution in [0.1, 0.15) is 32.6 Å². The van der Waals surface area contributed by atoms with Gasteiger partial charge in [0.05, 0.1) is 11.6 Å². The Bertz CT molecular complexity index is 543. The lowest BCUT2D eigenvalue weighted by molar-refractivity contribution is 0.579. The molecule has 0 aliphatic heterocycles. The minimum atomic E-state index is 0.646. The van der Waals surface area contributed by atoms with Crippen LogP contribution in [0.25, 0.3) is 11.0 Å². The summed E-state index contributed by atoms with van der Waals surface area (Å²) < 4.78 is 0. The Kier molecular flexibility index (Phi) is 3.48. The number of rotatable bonds is 5. The van der Waals surface area contributed by atoms with Crippen LogP contribution in [0.15, 0.2) is 6.20 Å². The fourth-order valence-corrected chi connectivity index (χ4v) is 2.66. The molecule has 0 amide bonds. The van der Waals surface area contributed by atoms with Crippen molar-refractivity contribution in [1.29, 1.82) is 0 Å². The molecule has 1 saturated carbocycles. The highest BCUT2D eigenvalue weighted by Crippen LogP contribution is 2.26. The van der Waals surface area contributed by atoms with Gasteiger partial charge in [-0.1, -0.05) is 12.8 Å². The standard InChI is InChI=1S/C13H20N6/c1-2-14-13-17-11(10-8-16-19-12(10)18-13)15-7-9-5-3-4-6-9/h8-9H,2-7H2,1H3,(H3,14,15,16,17,18,19). The fraction of sp³-hybridized carbons (Fsp3) is 0.615. The van der Waals surface area contributed by atoms with Crippen LogP contribution in [0.3, 0.4) is 0 Å². The van der Waals surface area contributed by atoms with Gasteiger partial charge >= 0.3 is 0 Å². The van der Waals surface area contributed by atoms with Crippen LogP contribution in [-0.2, 0) is 0 Å². The van der Waals surface area contributed by atoms with Gasteiger partial charge in [-0.05, 0) is 25.7 Å². The molecule has 0 aromatic carbocycles. The predicted octanol–water partition coefficient (Wildman–Crippen LogP) is 2.39. The van der Waals surface area contributed by atoms with E-state index in [0.29, 0.717) is 5.95 Å². The fourth-order valence-electron chi connectivity index (χ4n) is 2.66. The van der Waals surface area contributed by atoms with E-state index in [1.165, 1.54) is 25.7 Å². The smallest absolute Gasteiger partial charge is 0.226 e. The van der Waals surface area contributed by atoms with Gasteiger partial charge in [-0.3, -0.25) is 5.10 Å². The molecule has 2 heterocycles. The molecule has 0 radical (unpaired) electrons. The first-order valence-electron chi connectivity index (χ1n) is 7.05. The van der Waals surface area contributed by atoms with Gasteiger partial charge in [0.15, 0.2) is 5.65 Å². The first-order valence-corrected chi connectivity index (χ1v) is 7.05. The van der Waals surface area contributed by atoms with E-state index in [1.54, 1.807) is 6.20 Å². The van der Waals surface area contributed by atoms with Crippen molar-refractivity contribution >= 4 is 22.8 Å². The zero-order valence-electron chi connectivity index (χ0n) is 11.2. The number of H-pyrrole nitrogens is 1. The number of nitrogens with zero attached hydrogens (tertiary/aromatic N) is 3. The zero-order valence-corrected chi connectivity index (χ0v) is 11.2. The molecule has 1 aliphatic rings. The monoisotopic (exact) mass is 260 g/mol. The maximum atomic E-state index is 4.53. The molecule has 3 N–H and O–H groups in total. The van der Waals surface area contributed by atoms with Crippen LogP contribution < -0.4 is 10.6 Å². The quantitative estimate of drug-likeness (QED) is 0.769. The lowest BCUT2D eigenvalue weighted by Gasteiger charge is -2.12. The maximum absolute atomic E-state index is 4.53. The van der Waals surface area contributed by atoms with Crippen LogP contribution in [0, 0.1) is 5.92 Å². The Balaban J connectivity index is 1.80. The molecule has 0 spiro atoms. The second-order valence-corrected chi connectivity index (χ2v) is 5.09. The Hall–Kier alpha value is -1.85. The molecule has 0 saturated heterocycles. The number of fused-ring (bicyclic) bond motifs is 1. The number of anilines is 2. The Morgan fingerprint density at radius 3 is 2.89 bits per heavy atom. The predicted molar refractivity (Wildman–Crippen MR) is 76.3 cm³/mol. The van der Waals surface area contributed by atoms with E-state index < -0.39 is 0 Å². The van der Waals surface area contributed by atoms with Crippen LogP contribution in [0.4, 0.5) is 11.8 Å². The van der Waals surface area contributed by atoms with Crippen molar-refractivity contribution in [2.75, 3.05) is 23.7 Å². The highest BCUT2D eigenvalue weighted by molar-refractivity contribution is 5.86. The SMILES string of the molecule is CCNc1nc(NCC2CCCC2)c2cn[nH]c2n1. The lowest BCUT2D eigenvalue weighted by atomic mass is 10.1. The Labute approximate surface area is 112 Å². The van der Waals surface area contributed by atoms with Crippen molar-refractivity contribution in [3.8, 4) is 0 Å². The van der Waals surface area contributed by atoms with Crippen molar-refractivity contribution in [2.45, 2.75) is 32.6 Å². The van der Waals surface area contributed by atoms with Crippen LogP contribution in [0.2, 0.25) is 0 Å². The first-order chi connectivity index (χ1) is 9.36. The second kappa shape index (κ2) is 5.42. The van der Waals surface area contributed by atoms with Crippen LogP contribution >= 0.6 is 0 Å². The summed E-state index contributed by atoms with van der Waals surface area (Å²) in [6, 6.07) is 0. The molecule has 1 fully saturated rings. The van der Waals surface area contributed by atoms with Gasteiger partial charge in [0, 0.05) is 13.1 Å². The molecule has 3 rings (SSSR count). The van der Waals surface area contributed by atoms with Gasteiger partial charge in [-0.15, -0.1) is 0 Å². The summed E-state index contributed by atoms with van der Waals surface area (Å²) in [5.74, 6) is 2.30. The normalized spacial score (nSPS) is 16.1. The minimum Gasteiger partial charge on any atom is -0.369 e. The van der Waals surface area contributed by atoms with Crippen molar-refractivity contribution in [3.63, 3.8) is 0 Å². The summed E-state index contributed by atoms with van der Waals surface area (Å²) in [6.45, 7) is 3.83. The third-order valence-corrected chi connectivity index (χ3v) is 3.68. The van der Waals surface area contributed by atoms with Crippen molar-refractivity contribution < 1.29 is 0 Å². The zero-order chi connectivity index (χ0) is 13.1. The minimum absolute atomic E-state index is 0.646. The van der Waals surface area contributed by atoms with Gasteiger partial charge in [-0.2, -0.15) is 15.1 Å². The average Bonchev–Trinajstić information content (AvgIpc) is 3.07. The largest absolute Gasteiger partial charge is 0.369 e. The van der Waals surface area contributed by atoms with Crippen molar-refractivity contribution in [2.24, 2.45) is 5.92 Å². The number of nitrogens with one attached hydrogen (secondary N) is 3. The third-order valence-electron chi connectivity index (χ3n) is 3.68. The van der Waals surface area contributed by atoms with Crippen LogP contribution in [0.5, 0.6) is 0 Å². The summed E-state index contributed by atoms with van der Waals surface area (Å²) in [5.41, 5.74) is 0.778. The van der Waals surface area contributed by atoms with E-state index in [-0.39, 0.29) is 0 Å². The second-order valence-electron chi connectivity index (χ2n) is 5.09. The molecular weight excluding hydrogens is 240 g/mol. The molecule has 19 heavy (non-hydrogen) atoms. The van der Waals surface area contributed by atoms with Gasteiger partial charge in [0.1, 0.15) is 5.82 Å². The topological polar surface area (TPSA) is 78.5 Å². The third kappa shape index (κ3) is 2.62. The molecule has 1 aliphatic carbocycles. The average molecular weight is 260 g/mol. The summed E-state index contributed by atoms with van der Waals surface area (Å²) in [7, 11) is 0. The number of hydrogen-bond acceptors (Lipinski definition) is 5. The highest BCUT2D eigenvalue weighted by Gasteiger charge is 2.16. The number of hydrogen-bond donors (Lipinski definition) is 3. The van der Waals surface area contributed by atoms with Gasteiger partial charge in [0.2, 0.25) is 5.95 Å². The summed E-state index contributed by atoms with van der Waals surface area (Å²) >= 11 is 0. The van der Waals surface area contributed by atoms with Gasteiger partial charge < -0.3 is 10.6 Å². The molecule has 6 nitrogen and oxygen atoms in total. The summed E-state index contributed by atoms with van der Waals surface area (Å²) in [5, 5.41) is 14.5. The van der Waals surface area contributed by atoms with E-state index >= 15 is 0 Å². The van der Waals surface area contributed by atoms with Gasteiger partial charge in [0.25, 0.3) is 0 Å². The van der Waals surface area contributed by atoms with E-state index in [4.69, 9.17) is 0 Å². The molecule has 102 valence electrons. The highest BCUT2D eigenvalue weighted by atomic mass is 15.2. The molecule has 0 unspecified atom stereocenters. The Morgan fingerprint density at radius 1 is 1.26 bits per heavy atom. The van der Waals surface area contributed by atoms with E-state index in [9.17, 15) is 0 Å². The molecule has 2 aromatic rings. The molecule has 0 bridgehead atoms. The van der Waals surface area contributed by atoms with E-state index in [1.807, 2.05) is 6.92 Å². The molecule has 0 atom stereocenters. The van der Waals surface area contributed by atoms with E-state index in [0.717, 1.165) is 35.9 Å². The lowest BCUT2D eigenvalue weighted by Crippen LogP contribution is -2.13.